The first-order chi connectivity index (χ1) is 16.4. The van der Waals surface area contributed by atoms with Crippen LogP contribution in [0.15, 0.2) is 61.1 Å². The molecule has 2 aromatic carbocycles. The van der Waals surface area contributed by atoms with Crippen LogP contribution in [0.1, 0.15) is 5.56 Å². The largest absolute Gasteiger partial charge is 0.508 e. The van der Waals surface area contributed by atoms with E-state index in [1.807, 2.05) is 24.3 Å². The van der Waals surface area contributed by atoms with E-state index in [0.29, 0.717) is 28.5 Å². The van der Waals surface area contributed by atoms with Crippen LogP contribution in [-0.4, -0.2) is 63.7 Å². The maximum atomic E-state index is 11.4. The number of aromatic hydroxyl groups is 1. The summed E-state index contributed by atoms with van der Waals surface area (Å²) in [6.45, 7) is 0.162. The zero-order valence-electron chi connectivity index (χ0n) is 17.8. The molecule has 4 heterocycles. The Morgan fingerprint density at radius 3 is 2.59 bits per heavy atom. The van der Waals surface area contributed by atoms with Crippen LogP contribution in [0, 0.1) is 0 Å². The van der Waals surface area contributed by atoms with E-state index in [1.165, 1.54) is 23.0 Å². The number of fused-ring (bicyclic) bond motifs is 2. The number of anilines is 1. The molecule has 34 heavy (non-hydrogen) atoms. The second kappa shape index (κ2) is 7.25. The third kappa shape index (κ3) is 3.13. The molecule has 3 aromatic heterocycles. The number of hydrogen-bond acceptors (Lipinski definition) is 8. The number of aliphatic hydroxyl groups is 1. The first-order valence-corrected chi connectivity index (χ1v) is 10.6. The Balaban J connectivity index is 1.45. The summed E-state index contributed by atoms with van der Waals surface area (Å²) < 4.78 is 3.11. The maximum absolute atomic E-state index is 11.4. The quantitative estimate of drug-likeness (QED) is 0.359. The van der Waals surface area contributed by atoms with Crippen LogP contribution < -0.4 is 4.90 Å². The van der Waals surface area contributed by atoms with Gasteiger partial charge in [-0.1, -0.05) is 30.3 Å². The van der Waals surface area contributed by atoms with Crippen molar-refractivity contribution >= 4 is 34.0 Å². The van der Waals surface area contributed by atoms with Crippen LogP contribution in [0.5, 0.6) is 5.75 Å². The molecule has 11 heteroatoms. The molecule has 0 amide bonds. The molecule has 1 aliphatic rings. The van der Waals surface area contributed by atoms with Crippen LogP contribution in [0.2, 0.25) is 0 Å². The van der Waals surface area contributed by atoms with Crippen molar-refractivity contribution in [2.24, 2.45) is 0 Å². The Morgan fingerprint density at radius 1 is 1.06 bits per heavy atom. The fourth-order valence-corrected chi connectivity index (χ4v) is 4.29. The third-order valence-corrected chi connectivity index (χ3v) is 6.01. The molecule has 0 unspecified atom stereocenters. The summed E-state index contributed by atoms with van der Waals surface area (Å²) in [5, 5.41) is 35.3. The average molecular weight is 457 g/mol. The number of carboxylic acids is 1. The first-order valence-electron chi connectivity index (χ1n) is 10.6. The van der Waals surface area contributed by atoms with Crippen molar-refractivity contribution in [3.05, 3.63) is 66.6 Å². The summed E-state index contributed by atoms with van der Waals surface area (Å²) in [4.78, 5) is 26.9. The number of hydrogen-bond donors (Lipinski definition) is 3. The van der Waals surface area contributed by atoms with Gasteiger partial charge in [-0.15, -0.1) is 0 Å². The number of benzene rings is 2. The molecule has 3 N–H and O–H groups in total. The van der Waals surface area contributed by atoms with E-state index < -0.39 is 11.6 Å². The second-order valence-corrected chi connectivity index (χ2v) is 8.34. The number of nitrogens with zero attached hydrogens (tertiary/aromatic N) is 7. The van der Waals surface area contributed by atoms with E-state index in [0.717, 1.165) is 10.9 Å². The highest BCUT2D eigenvalue weighted by molar-refractivity contribution is 5.86. The highest BCUT2D eigenvalue weighted by atomic mass is 16.4. The molecule has 1 saturated heterocycles. The molecule has 5 aromatic rings. The Bertz CT molecular complexity index is 1550. The van der Waals surface area contributed by atoms with E-state index in [9.17, 15) is 20.1 Å². The number of carbonyl (C=O) groups is 1. The van der Waals surface area contributed by atoms with E-state index in [-0.39, 0.29) is 25.4 Å². The summed E-state index contributed by atoms with van der Waals surface area (Å²) in [6.07, 6.45) is 3.15. The standard InChI is InChI=1S/C23H19N7O4/c31-16-7-5-15(6-8-16)23(34)11-29(12-23)22-26-20-19(24-13-28(20)10-18(32)33)21(27-22)30-17-4-2-1-3-14(17)9-25-30/h1-9,13,31,34H,10-12H2,(H,32,33). The van der Waals surface area contributed by atoms with E-state index in [2.05, 4.69) is 15.1 Å². The van der Waals surface area contributed by atoms with Gasteiger partial charge in [0.25, 0.3) is 0 Å². The smallest absolute Gasteiger partial charge is 0.323 e. The van der Waals surface area contributed by atoms with Gasteiger partial charge in [-0.3, -0.25) is 4.79 Å². The fourth-order valence-electron chi connectivity index (χ4n) is 4.29. The van der Waals surface area contributed by atoms with E-state index in [1.54, 1.807) is 27.9 Å². The number of phenols is 1. The molecular formula is C23H19N7O4. The van der Waals surface area contributed by atoms with Gasteiger partial charge in [0.05, 0.1) is 31.1 Å². The van der Waals surface area contributed by atoms with Crippen molar-refractivity contribution in [2.45, 2.75) is 12.1 Å². The Morgan fingerprint density at radius 2 is 1.82 bits per heavy atom. The number of aliphatic carboxylic acids is 1. The fraction of sp³-hybridized carbons (Fsp3) is 0.174. The van der Waals surface area contributed by atoms with E-state index >= 15 is 0 Å². The lowest BCUT2D eigenvalue weighted by molar-refractivity contribution is -0.137. The maximum Gasteiger partial charge on any atom is 0.323 e. The number of para-hydroxylation sites is 1. The number of aromatic nitrogens is 6. The van der Waals surface area contributed by atoms with Crippen LogP contribution in [-0.2, 0) is 16.9 Å². The minimum Gasteiger partial charge on any atom is -0.508 e. The minimum absolute atomic E-state index is 0.125. The summed E-state index contributed by atoms with van der Waals surface area (Å²) in [5.74, 6) is -0.139. The van der Waals surface area contributed by atoms with Crippen LogP contribution >= 0.6 is 0 Å². The zero-order chi connectivity index (χ0) is 23.4. The van der Waals surface area contributed by atoms with Crippen LogP contribution in [0.3, 0.4) is 0 Å². The Labute approximate surface area is 192 Å². The van der Waals surface area contributed by atoms with Crippen molar-refractivity contribution in [3.8, 4) is 11.6 Å². The van der Waals surface area contributed by atoms with Gasteiger partial charge in [0, 0.05) is 5.39 Å². The number of carboxylic acid groups (broad SMARTS) is 1. The molecule has 0 saturated carbocycles. The molecule has 0 atom stereocenters. The lowest BCUT2D eigenvalue weighted by atomic mass is 9.86. The normalized spacial score (nSPS) is 15.0. The van der Waals surface area contributed by atoms with Crippen molar-refractivity contribution in [2.75, 3.05) is 18.0 Å². The predicted molar refractivity (Wildman–Crippen MR) is 122 cm³/mol. The monoisotopic (exact) mass is 457 g/mol. The average Bonchev–Trinajstić information content (AvgIpc) is 3.41. The minimum atomic E-state index is -1.12. The van der Waals surface area contributed by atoms with Crippen molar-refractivity contribution in [1.29, 1.82) is 0 Å². The number of rotatable bonds is 5. The van der Waals surface area contributed by atoms with Gasteiger partial charge >= 0.3 is 5.97 Å². The van der Waals surface area contributed by atoms with Crippen molar-refractivity contribution < 1.29 is 20.1 Å². The lowest BCUT2D eigenvalue weighted by Gasteiger charge is -2.46. The molecule has 11 nitrogen and oxygen atoms in total. The first kappa shape index (κ1) is 20.1. The molecule has 0 aliphatic carbocycles. The van der Waals surface area contributed by atoms with Gasteiger partial charge in [-0.05, 0) is 23.8 Å². The number of imidazole rings is 1. The molecule has 1 fully saturated rings. The highest BCUT2D eigenvalue weighted by Gasteiger charge is 2.44. The molecular weight excluding hydrogens is 438 g/mol. The third-order valence-electron chi connectivity index (χ3n) is 6.01. The lowest BCUT2D eigenvalue weighted by Crippen LogP contribution is -2.60. The van der Waals surface area contributed by atoms with Gasteiger partial charge in [-0.25, -0.2) is 9.67 Å². The summed E-state index contributed by atoms with van der Waals surface area (Å²) >= 11 is 0. The van der Waals surface area contributed by atoms with Gasteiger partial charge in [-0.2, -0.15) is 15.1 Å². The van der Waals surface area contributed by atoms with E-state index in [4.69, 9.17) is 4.98 Å². The highest BCUT2D eigenvalue weighted by Crippen LogP contribution is 2.36. The molecule has 170 valence electrons. The van der Waals surface area contributed by atoms with Crippen LogP contribution in [0.25, 0.3) is 27.9 Å². The van der Waals surface area contributed by atoms with Gasteiger partial charge in [0.1, 0.15) is 17.9 Å². The Kier molecular flexibility index (Phi) is 4.29. The van der Waals surface area contributed by atoms with Crippen LogP contribution in [0.4, 0.5) is 5.95 Å². The zero-order valence-corrected chi connectivity index (χ0v) is 17.8. The molecule has 0 spiro atoms. The topological polar surface area (TPSA) is 142 Å². The van der Waals surface area contributed by atoms with Gasteiger partial charge < -0.3 is 24.8 Å². The molecule has 0 radical (unpaired) electrons. The number of β-amino-alcohol motifs (C(OH)–C–C–N with tert-alkyl or cyclic N) is 1. The van der Waals surface area contributed by atoms with Crippen molar-refractivity contribution in [1.82, 2.24) is 29.3 Å². The second-order valence-electron chi connectivity index (χ2n) is 8.34. The summed E-state index contributed by atoms with van der Waals surface area (Å²) in [5.41, 5.74) is 1.17. The summed E-state index contributed by atoms with van der Waals surface area (Å²) in [7, 11) is 0. The molecule has 6 rings (SSSR count). The SMILES string of the molecule is O=C(O)Cn1cnc2c(-n3ncc4ccccc43)nc(N3CC(O)(c4ccc(O)cc4)C3)nc21. The van der Waals surface area contributed by atoms with Crippen molar-refractivity contribution in [3.63, 3.8) is 0 Å². The molecule has 0 bridgehead atoms. The van der Waals surface area contributed by atoms with Gasteiger partial charge in [0.15, 0.2) is 17.0 Å². The Hall–Kier alpha value is -4.51. The number of phenolic OH excluding ortho intramolecular Hbond substituents is 1. The predicted octanol–water partition coefficient (Wildman–Crippen LogP) is 1.66. The van der Waals surface area contributed by atoms with Gasteiger partial charge in [0.2, 0.25) is 5.95 Å². The molecule has 1 aliphatic heterocycles. The summed E-state index contributed by atoms with van der Waals surface area (Å²) in [6, 6.07) is 14.1.